The summed E-state index contributed by atoms with van der Waals surface area (Å²) >= 11 is 0. The Morgan fingerprint density at radius 1 is 1.25 bits per heavy atom. The second kappa shape index (κ2) is 7.00. The Morgan fingerprint density at radius 3 is 2.60 bits per heavy atom. The van der Waals surface area contributed by atoms with E-state index in [1.807, 2.05) is 13.1 Å². The van der Waals surface area contributed by atoms with Crippen LogP contribution < -0.4 is 10.1 Å². The fourth-order valence-corrected chi connectivity index (χ4v) is 1.67. The fraction of sp³-hybridized carbons (Fsp3) is 0.500. The van der Waals surface area contributed by atoms with Gasteiger partial charge in [0, 0.05) is 31.0 Å². The molecule has 0 spiro atoms. The van der Waals surface area contributed by atoms with Crippen molar-refractivity contribution >= 4 is 0 Å². The first-order valence-corrected chi connectivity index (χ1v) is 6.89. The molecule has 0 bridgehead atoms. The SMILES string of the molecule is CCn1cc(Oc2ncc(CNCC(C)C)cn2)cn1. The molecule has 0 fully saturated rings. The molecular formula is C14H21N5O. The lowest BCUT2D eigenvalue weighted by molar-refractivity contribution is 0.439. The van der Waals surface area contributed by atoms with Crippen LogP contribution in [0.2, 0.25) is 0 Å². The molecule has 0 aliphatic heterocycles. The molecule has 2 aromatic rings. The molecule has 2 rings (SSSR count). The summed E-state index contributed by atoms with van der Waals surface area (Å²) in [6.07, 6.45) is 7.03. The van der Waals surface area contributed by atoms with E-state index >= 15 is 0 Å². The van der Waals surface area contributed by atoms with Gasteiger partial charge in [0.05, 0.1) is 12.4 Å². The largest absolute Gasteiger partial charge is 0.421 e. The van der Waals surface area contributed by atoms with Crippen molar-refractivity contribution in [1.29, 1.82) is 0 Å². The van der Waals surface area contributed by atoms with E-state index in [2.05, 4.69) is 34.2 Å². The molecule has 0 amide bonds. The van der Waals surface area contributed by atoms with Crippen molar-refractivity contribution in [1.82, 2.24) is 25.1 Å². The van der Waals surface area contributed by atoms with E-state index in [0.29, 0.717) is 17.7 Å². The fourth-order valence-electron chi connectivity index (χ4n) is 1.67. The molecule has 0 saturated carbocycles. The van der Waals surface area contributed by atoms with Crippen LogP contribution in [0.5, 0.6) is 11.8 Å². The van der Waals surface area contributed by atoms with Gasteiger partial charge in [-0.1, -0.05) is 13.8 Å². The quantitative estimate of drug-likeness (QED) is 0.839. The first-order chi connectivity index (χ1) is 9.67. The van der Waals surface area contributed by atoms with Gasteiger partial charge in [-0.05, 0) is 19.4 Å². The van der Waals surface area contributed by atoms with E-state index in [0.717, 1.165) is 25.2 Å². The molecule has 2 heterocycles. The zero-order chi connectivity index (χ0) is 14.4. The highest BCUT2D eigenvalue weighted by Crippen LogP contribution is 2.15. The highest BCUT2D eigenvalue weighted by molar-refractivity contribution is 5.17. The predicted octanol–water partition coefficient (Wildman–Crippen LogP) is 2.23. The summed E-state index contributed by atoms with van der Waals surface area (Å²) in [6.45, 7) is 8.94. The Labute approximate surface area is 119 Å². The number of hydrogen-bond donors (Lipinski definition) is 1. The normalized spacial score (nSPS) is 11.0. The lowest BCUT2D eigenvalue weighted by atomic mass is 10.2. The van der Waals surface area contributed by atoms with Gasteiger partial charge in [0.2, 0.25) is 0 Å². The standard InChI is InChI=1S/C14H21N5O/c1-4-19-10-13(9-18-19)20-14-16-7-12(8-17-14)6-15-5-11(2)3/h7-11,15H,4-6H2,1-3H3. The molecule has 6 heteroatoms. The van der Waals surface area contributed by atoms with Crippen LogP contribution >= 0.6 is 0 Å². The summed E-state index contributed by atoms with van der Waals surface area (Å²) in [7, 11) is 0. The van der Waals surface area contributed by atoms with Crippen molar-refractivity contribution < 1.29 is 4.74 Å². The number of hydrogen-bond acceptors (Lipinski definition) is 5. The van der Waals surface area contributed by atoms with E-state index in [9.17, 15) is 0 Å². The second-order valence-corrected chi connectivity index (χ2v) is 5.03. The van der Waals surface area contributed by atoms with Crippen molar-refractivity contribution in [2.45, 2.75) is 33.9 Å². The second-order valence-electron chi connectivity index (χ2n) is 5.03. The van der Waals surface area contributed by atoms with Gasteiger partial charge < -0.3 is 10.1 Å². The Hall–Kier alpha value is -1.95. The van der Waals surface area contributed by atoms with E-state index in [1.165, 1.54) is 0 Å². The van der Waals surface area contributed by atoms with Crippen LogP contribution in [0.3, 0.4) is 0 Å². The molecular weight excluding hydrogens is 254 g/mol. The molecule has 108 valence electrons. The van der Waals surface area contributed by atoms with Gasteiger partial charge in [0.15, 0.2) is 5.75 Å². The van der Waals surface area contributed by atoms with Crippen LogP contribution in [-0.4, -0.2) is 26.3 Å². The molecule has 6 nitrogen and oxygen atoms in total. The van der Waals surface area contributed by atoms with Gasteiger partial charge in [0.1, 0.15) is 0 Å². The Morgan fingerprint density at radius 2 is 2.00 bits per heavy atom. The summed E-state index contributed by atoms with van der Waals surface area (Å²) in [5, 5.41) is 7.48. The number of ether oxygens (including phenoxy) is 1. The van der Waals surface area contributed by atoms with Crippen molar-refractivity contribution in [3.63, 3.8) is 0 Å². The maximum atomic E-state index is 5.53. The smallest absolute Gasteiger partial charge is 0.321 e. The summed E-state index contributed by atoms with van der Waals surface area (Å²) in [4.78, 5) is 8.39. The maximum Gasteiger partial charge on any atom is 0.321 e. The summed E-state index contributed by atoms with van der Waals surface area (Å²) in [5.41, 5.74) is 1.04. The Bertz CT molecular complexity index is 521. The van der Waals surface area contributed by atoms with Crippen molar-refractivity contribution in [2.75, 3.05) is 6.54 Å². The highest BCUT2D eigenvalue weighted by Gasteiger charge is 2.03. The van der Waals surface area contributed by atoms with Crippen molar-refractivity contribution in [3.8, 4) is 11.8 Å². The molecule has 0 aliphatic rings. The third-order valence-corrected chi connectivity index (χ3v) is 2.71. The van der Waals surface area contributed by atoms with Crippen LogP contribution in [0.1, 0.15) is 26.3 Å². The minimum Gasteiger partial charge on any atom is -0.421 e. The molecule has 1 N–H and O–H groups in total. The van der Waals surface area contributed by atoms with E-state index in [-0.39, 0.29) is 0 Å². The summed E-state index contributed by atoms with van der Waals surface area (Å²) < 4.78 is 7.32. The monoisotopic (exact) mass is 275 g/mol. The number of rotatable bonds is 7. The molecule has 0 aromatic carbocycles. The number of aromatic nitrogens is 4. The first kappa shape index (κ1) is 14.5. The van der Waals surface area contributed by atoms with E-state index in [1.54, 1.807) is 23.3 Å². The number of nitrogens with one attached hydrogen (secondary N) is 1. The first-order valence-electron chi connectivity index (χ1n) is 6.89. The van der Waals surface area contributed by atoms with Gasteiger partial charge in [-0.25, -0.2) is 9.97 Å². The van der Waals surface area contributed by atoms with Gasteiger partial charge in [-0.15, -0.1) is 0 Å². The van der Waals surface area contributed by atoms with Crippen LogP contribution in [0.4, 0.5) is 0 Å². The molecule has 0 aliphatic carbocycles. The van der Waals surface area contributed by atoms with Gasteiger partial charge >= 0.3 is 6.01 Å². The van der Waals surface area contributed by atoms with Crippen LogP contribution in [0.15, 0.2) is 24.8 Å². The summed E-state index contributed by atoms with van der Waals surface area (Å²) in [5.74, 6) is 1.28. The number of aryl methyl sites for hydroxylation is 1. The Kier molecular flexibility index (Phi) is 5.06. The van der Waals surface area contributed by atoms with E-state index in [4.69, 9.17) is 4.74 Å². The molecule has 0 unspecified atom stereocenters. The van der Waals surface area contributed by atoms with E-state index < -0.39 is 0 Å². The molecule has 0 radical (unpaired) electrons. The third-order valence-electron chi connectivity index (χ3n) is 2.71. The van der Waals surface area contributed by atoms with Gasteiger partial charge in [-0.3, -0.25) is 4.68 Å². The number of nitrogens with zero attached hydrogens (tertiary/aromatic N) is 4. The van der Waals surface area contributed by atoms with Crippen LogP contribution in [0.25, 0.3) is 0 Å². The lowest BCUT2D eigenvalue weighted by Gasteiger charge is -2.07. The van der Waals surface area contributed by atoms with Crippen molar-refractivity contribution in [2.24, 2.45) is 5.92 Å². The zero-order valence-electron chi connectivity index (χ0n) is 12.2. The highest BCUT2D eigenvalue weighted by atomic mass is 16.5. The third kappa shape index (κ3) is 4.31. The average Bonchev–Trinajstić information content (AvgIpc) is 2.88. The van der Waals surface area contributed by atoms with Crippen molar-refractivity contribution in [3.05, 3.63) is 30.4 Å². The molecule has 2 aromatic heterocycles. The zero-order valence-corrected chi connectivity index (χ0v) is 12.2. The summed E-state index contributed by atoms with van der Waals surface area (Å²) in [6, 6.07) is 0.341. The topological polar surface area (TPSA) is 64.9 Å². The Balaban J connectivity index is 1.87. The van der Waals surface area contributed by atoms with Gasteiger partial charge in [0.25, 0.3) is 0 Å². The van der Waals surface area contributed by atoms with Crippen LogP contribution in [0, 0.1) is 5.92 Å². The minimum absolute atomic E-state index is 0.341. The average molecular weight is 275 g/mol. The maximum absolute atomic E-state index is 5.53. The molecule has 20 heavy (non-hydrogen) atoms. The van der Waals surface area contributed by atoms with Crippen LogP contribution in [-0.2, 0) is 13.1 Å². The minimum atomic E-state index is 0.341. The van der Waals surface area contributed by atoms with Gasteiger partial charge in [-0.2, -0.15) is 5.10 Å². The molecule has 0 atom stereocenters. The molecule has 0 saturated heterocycles. The predicted molar refractivity (Wildman–Crippen MR) is 76.6 cm³/mol. The lowest BCUT2D eigenvalue weighted by Crippen LogP contribution is -2.19.